The van der Waals surface area contributed by atoms with Crippen LogP contribution in [0.1, 0.15) is 43.0 Å². The molecule has 0 aromatic heterocycles. The van der Waals surface area contributed by atoms with Gasteiger partial charge in [-0.3, -0.25) is 4.79 Å². The predicted molar refractivity (Wildman–Crippen MR) is 93.6 cm³/mol. The first-order valence-corrected chi connectivity index (χ1v) is 8.15. The van der Waals surface area contributed by atoms with Gasteiger partial charge in [-0.15, -0.1) is 0 Å². The van der Waals surface area contributed by atoms with E-state index in [0.717, 1.165) is 12.0 Å². The Bertz CT molecular complexity index is 625. The number of carboxylic acid groups (broad SMARTS) is 1. The molecule has 2 N–H and O–H groups in total. The van der Waals surface area contributed by atoms with Crippen molar-refractivity contribution in [2.45, 2.75) is 45.2 Å². The third kappa shape index (κ3) is 5.87. The maximum atomic E-state index is 10.7. The molecular formula is C20H25NO2. The highest BCUT2D eigenvalue weighted by molar-refractivity contribution is 5.67. The average Bonchev–Trinajstić information content (AvgIpc) is 2.54. The summed E-state index contributed by atoms with van der Waals surface area (Å²) in [6.07, 6.45) is 1.70. The van der Waals surface area contributed by atoms with Gasteiger partial charge in [-0.1, -0.05) is 54.6 Å². The van der Waals surface area contributed by atoms with Crippen LogP contribution in [0.4, 0.5) is 0 Å². The molecular weight excluding hydrogens is 286 g/mol. The number of hydrogen-bond acceptors (Lipinski definition) is 2. The van der Waals surface area contributed by atoms with Gasteiger partial charge in [-0.2, -0.15) is 0 Å². The lowest BCUT2D eigenvalue weighted by Gasteiger charge is -2.20. The van der Waals surface area contributed by atoms with Gasteiger partial charge >= 0.3 is 5.97 Å². The lowest BCUT2D eigenvalue weighted by Crippen LogP contribution is -2.30. The minimum Gasteiger partial charge on any atom is -0.481 e. The highest BCUT2D eigenvalue weighted by Gasteiger charge is 2.10. The summed E-state index contributed by atoms with van der Waals surface area (Å²) >= 11 is 0. The van der Waals surface area contributed by atoms with E-state index >= 15 is 0 Å². The Hall–Kier alpha value is -2.13. The molecule has 2 aromatic carbocycles. The fraction of sp³-hybridized carbons (Fsp3) is 0.350. The molecule has 0 saturated heterocycles. The van der Waals surface area contributed by atoms with Gasteiger partial charge in [0.25, 0.3) is 0 Å². The van der Waals surface area contributed by atoms with Crippen LogP contribution in [0.3, 0.4) is 0 Å². The second kappa shape index (κ2) is 8.49. The topological polar surface area (TPSA) is 49.3 Å². The van der Waals surface area contributed by atoms with Crippen molar-refractivity contribution in [2.75, 3.05) is 0 Å². The van der Waals surface area contributed by atoms with Gasteiger partial charge < -0.3 is 10.4 Å². The zero-order valence-electron chi connectivity index (χ0n) is 13.8. The molecule has 0 spiro atoms. The third-order valence-corrected chi connectivity index (χ3v) is 3.99. The molecule has 0 aliphatic heterocycles. The van der Waals surface area contributed by atoms with Crippen LogP contribution in [0.25, 0.3) is 0 Å². The molecule has 3 heteroatoms. The van der Waals surface area contributed by atoms with Crippen molar-refractivity contribution >= 4 is 5.97 Å². The zero-order chi connectivity index (χ0) is 16.7. The number of hydrogen-bond donors (Lipinski definition) is 2. The first kappa shape index (κ1) is 17.2. The molecule has 2 rings (SSSR count). The summed E-state index contributed by atoms with van der Waals surface area (Å²) < 4.78 is 0. The highest BCUT2D eigenvalue weighted by Crippen LogP contribution is 2.14. The van der Waals surface area contributed by atoms with Crippen LogP contribution in [0.5, 0.6) is 0 Å². The minimum atomic E-state index is -0.748. The average molecular weight is 311 g/mol. The molecule has 0 saturated carbocycles. The van der Waals surface area contributed by atoms with Crippen LogP contribution in [0.15, 0.2) is 54.6 Å². The summed E-state index contributed by atoms with van der Waals surface area (Å²) in [5, 5.41) is 12.4. The first-order valence-electron chi connectivity index (χ1n) is 8.15. The van der Waals surface area contributed by atoms with Gasteiger partial charge in [-0.05, 0) is 43.4 Å². The van der Waals surface area contributed by atoms with Crippen LogP contribution in [0, 0.1) is 0 Å². The smallest absolute Gasteiger partial charge is 0.303 e. The van der Waals surface area contributed by atoms with Crippen LogP contribution < -0.4 is 5.32 Å². The van der Waals surface area contributed by atoms with E-state index in [1.54, 1.807) is 0 Å². The molecule has 3 nitrogen and oxygen atoms in total. The van der Waals surface area contributed by atoms with Crippen molar-refractivity contribution in [3.05, 3.63) is 71.3 Å². The molecule has 0 heterocycles. The van der Waals surface area contributed by atoms with Gasteiger partial charge in [0.2, 0.25) is 0 Å². The molecule has 23 heavy (non-hydrogen) atoms. The lowest BCUT2D eigenvalue weighted by atomic mass is 10.0. The van der Waals surface area contributed by atoms with E-state index in [1.165, 1.54) is 11.1 Å². The van der Waals surface area contributed by atoms with Crippen molar-refractivity contribution in [1.29, 1.82) is 0 Å². The van der Waals surface area contributed by atoms with Crippen molar-refractivity contribution in [1.82, 2.24) is 5.32 Å². The zero-order valence-corrected chi connectivity index (χ0v) is 13.8. The SMILES string of the molecule is C[C@H](Cc1cccc(CCC(=O)O)c1)N[C@H](C)c1ccccc1. The quantitative estimate of drug-likeness (QED) is 0.775. The Kier molecular flexibility index (Phi) is 6.36. The van der Waals surface area contributed by atoms with E-state index < -0.39 is 5.97 Å². The van der Waals surface area contributed by atoms with Gasteiger partial charge in [0.1, 0.15) is 0 Å². The summed E-state index contributed by atoms with van der Waals surface area (Å²) in [6.45, 7) is 4.36. The van der Waals surface area contributed by atoms with E-state index in [9.17, 15) is 4.79 Å². The first-order chi connectivity index (χ1) is 11.0. The number of rotatable bonds is 8. The molecule has 0 aliphatic rings. The summed E-state index contributed by atoms with van der Waals surface area (Å²) in [7, 11) is 0. The standard InChI is InChI=1S/C20H25NO2/c1-15(21-16(2)19-9-4-3-5-10-19)13-18-8-6-7-17(14-18)11-12-20(22)23/h3-10,14-16,21H,11-13H2,1-2H3,(H,22,23)/t15-,16-/m1/s1. The molecule has 122 valence electrons. The molecule has 2 aromatic rings. The number of nitrogens with one attached hydrogen (secondary N) is 1. The predicted octanol–water partition coefficient (Wildman–Crippen LogP) is 3.99. The minimum absolute atomic E-state index is 0.183. The van der Waals surface area contributed by atoms with E-state index in [1.807, 2.05) is 18.2 Å². The number of carbonyl (C=O) groups is 1. The number of aliphatic carboxylic acids is 1. The number of carboxylic acids is 1. The lowest BCUT2D eigenvalue weighted by molar-refractivity contribution is -0.136. The molecule has 2 atom stereocenters. The summed E-state index contributed by atoms with van der Waals surface area (Å²) in [4.78, 5) is 10.7. The Morgan fingerprint density at radius 2 is 1.74 bits per heavy atom. The maximum absolute atomic E-state index is 10.7. The second-order valence-corrected chi connectivity index (χ2v) is 6.12. The van der Waals surface area contributed by atoms with Gasteiger partial charge in [-0.25, -0.2) is 0 Å². The van der Waals surface area contributed by atoms with Crippen molar-refractivity contribution in [3.8, 4) is 0 Å². The van der Waals surface area contributed by atoms with Crippen molar-refractivity contribution in [2.24, 2.45) is 0 Å². The fourth-order valence-electron chi connectivity index (χ4n) is 2.84. The third-order valence-electron chi connectivity index (χ3n) is 3.99. The normalized spacial score (nSPS) is 13.5. The molecule has 0 amide bonds. The van der Waals surface area contributed by atoms with Crippen LogP contribution in [-0.2, 0) is 17.6 Å². The Morgan fingerprint density at radius 3 is 2.43 bits per heavy atom. The van der Waals surface area contributed by atoms with Crippen molar-refractivity contribution < 1.29 is 9.90 Å². The van der Waals surface area contributed by atoms with Crippen LogP contribution in [-0.4, -0.2) is 17.1 Å². The molecule has 0 bridgehead atoms. The largest absolute Gasteiger partial charge is 0.481 e. The Morgan fingerprint density at radius 1 is 1.04 bits per heavy atom. The summed E-state index contributed by atoms with van der Waals surface area (Å²) in [6, 6.07) is 19.3. The van der Waals surface area contributed by atoms with E-state index in [2.05, 4.69) is 55.6 Å². The Labute approximate surface area is 138 Å². The summed E-state index contributed by atoms with van der Waals surface area (Å²) in [5.41, 5.74) is 3.62. The van der Waals surface area contributed by atoms with Gasteiger partial charge in [0.05, 0.1) is 0 Å². The number of benzene rings is 2. The van der Waals surface area contributed by atoms with Crippen molar-refractivity contribution in [3.63, 3.8) is 0 Å². The second-order valence-electron chi connectivity index (χ2n) is 6.12. The maximum Gasteiger partial charge on any atom is 0.303 e. The number of aryl methyl sites for hydroxylation is 1. The van der Waals surface area contributed by atoms with E-state index in [0.29, 0.717) is 18.5 Å². The molecule has 0 unspecified atom stereocenters. The van der Waals surface area contributed by atoms with Crippen LogP contribution in [0.2, 0.25) is 0 Å². The molecule has 0 aliphatic carbocycles. The Balaban J connectivity index is 1.91. The summed E-state index contributed by atoms with van der Waals surface area (Å²) in [5.74, 6) is -0.748. The van der Waals surface area contributed by atoms with E-state index in [-0.39, 0.29) is 6.42 Å². The van der Waals surface area contributed by atoms with Crippen LogP contribution >= 0.6 is 0 Å². The fourth-order valence-corrected chi connectivity index (χ4v) is 2.84. The molecule has 0 radical (unpaired) electrons. The molecule has 0 fully saturated rings. The monoisotopic (exact) mass is 311 g/mol. The van der Waals surface area contributed by atoms with Gasteiger partial charge in [0.15, 0.2) is 0 Å². The van der Waals surface area contributed by atoms with Gasteiger partial charge in [0, 0.05) is 18.5 Å². The highest BCUT2D eigenvalue weighted by atomic mass is 16.4. The van der Waals surface area contributed by atoms with E-state index in [4.69, 9.17) is 5.11 Å².